The highest BCUT2D eigenvalue weighted by Gasteiger charge is 2.51. The van der Waals surface area contributed by atoms with Gasteiger partial charge in [-0.2, -0.15) is 0 Å². The van der Waals surface area contributed by atoms with Crippen LogP contribution in [-0.4, -0.2) is 34.0 Å². The lowest BCUT2D eigenvalue weighted by atomic mass is 9.89. The van der Waals surface area contributed by atoms with E-state index in [-0.39, 0.29) is 30.2 Å². The first-order valence-electron chi connectivity index (χ1n) is 6.85. The zero-order valence-corrected chi connectivity index (χ0v) is 11.0. The first-order chi connectivity index (χ1) is 9.58. The van der Waals surface area contributed by atoms with Crippen LogP contribution in [0.25, 0.3) is 0 Å². The maximum absolute atomic E-state index is 13.6. The highest BCUT2D eigenvalue weighted by Crippen LogP contribution is 2.42. The molecule has 106 valence electrons. The van der Waals surface area contributed by atoms with Crippen molar-refractivity contribution in [1.82, 2.24) is 4.90 Å². The highest BCUT2D eigenvalue weighted by atomic mass is 19.1. The van der Waals surface area contributed by atoms with Crippen LogP contribution in [0.4, 0.5) is 4.39 Å². The van der Waals surface area contributed by atoms with Crippen LogP contribution in [0, 0.1) is 11.7 Å². The molecule has 3 rings (SSSR count). The van der Waals surface area contributed by atoms with E-state index in [9.17, 15) is 19.1 Å². The van der Waals surface area contributed by atoms with Crippen LogP contribution < -0.4 is 0 Å². The Morgan fingerprint density at radius 1 is 1.30 bits per heavy atom. The number of benzene rings is 1. The molecule has 1 amide bonds. The predicted octanol–water partition coefficient (Wildman–Crippen LogP) is 1.83. The van der Waals surface area contributed by atoms with Crippen molar-refractivity contribution in [2.45, 2.75) is 37.8 Å². The number of amides is 1. The smallest absolute Gasteiger partial charge is 0.308 e. The summed E-state index contributed by atoms with van der Waals surface area (Å²) in [4.78, 5) is 25.2. The summed E-state index contributed by atoms with van der Waals surface area (Å²) >= 11 is 0. The van der Waals surface area contributed by atoms with Crippen molar-refractivity contribution < 1.29 is 19.1 Å². The molecule has 0 radical (unpaired) electrons. The molecule has 2 saturated heterocycles. The van der Waals surface area contributed by atoms with Gasteiger partial charge < -0.3 is 10.0 Å². The van der Waals surface area contributed by atoms with Crippen LogP contribution in [0.2, 0.25) is 0 Å². The number of hydrogen-bond acceptors (Lipinski definition) is 2. The van der Waals surface area contributed by atoms with Crippen LogP contribution >= 0.6 is 0 Å². The van der Waals surface area contributed by atoms with Crippen molar-refractivity contribution in [2.75, 3.05) is 0 Å². The summed E-state index contributed by atoms with van der Waals surface area (Å²) in [5, 5.41) is 9.17. The third-order valence-electron chi connectivity index (χ3n) is 4.44. The fraction of sp³-hybridized carbons (Fsp3) is 0.467. The van der Waals surface area contributed by atoms with Crippen LogP contribution in [0.1, 0.15) is 24.8 Å². The van der Waals surface area contributed by atoms with Gasteiger partial charge in [0.25, 0.3) is 0 Å². The van der Waals surface area contributed by atoms with Gasteiger partial charge in [0.15, 0.2) is 0 Å². The van der Waals surface area contributed by atoms with Crippen molar-refractivity contribution in [3.63, 3.8) is 0 Å². The van der Waals surface area contributed by atoms with Crippen LogP contribution in [0.15, 0.2) is 24.3 Å². The van der Waals surface area contributed by atoms with Crippen LogP contribution in [-0.2, 0) is 16.0 Å². The van der Waals surface area contributed by atoms with E-state index in [1.807, 2.05) is 0 Å². The van der Waals surface area contributed by atoms with Crippen molar-refractivity contribution in [3.8, 4) is 0 Å². The van der Waals surface area contributed by atoms with Crippen molar-refractivity contribution in [3.05, 3.63) is 35.6 Å². The van der Waals surface area contributed by atoms with Crippen molar-refractivity contribution in [1.29, 1.82) is 0 Å². The average Bonchev–Trinajstić information content (AvgIpc) is 2.99. The van der Waals surface area contributed by atoms with Gasteiger partial charge in [0.05, 0.1) is 12.3 Å². The number of aliphatic carboxylic acids is 1. The molecule has 2 heterocycles. The predicted molar refractivity (Wildman–Crippen MR) is 69.5 cm³/mol. The Balaban J connectivity index is 1.76. The minimum atomic E-state index is -0.833. The van der Waals surface area contributed by atoms with Crippen molar-refractivity contribution in [2.24, 2.45) is 5.92 Å². The zero-order valence-electron chi connectivity index (χ0n) is 11.0. The topological polar surface area (TPSA) is 57.6 Å². The maximum atomic E-state index is 13.6. The Hall–Kier alpha value is -1.91. The van der Waals surface area contributed by atoms with E-state index in [4.69, 9.17) is 0 Å². The average molecular weight is 277 g/mol. The van der Waals surface area contributed by atoms with Gasteiger partial charge in [-0.05, 0) is 30.9 Å². The number of hydrogen-bond donors (Lipinski definition) is 1. The number of halogens is 1. The van der Waals surface area contributed by atoms with Gasteiger partial charge in [-0.25, -0.2) is 4.39 Å². The molecule has 1 aromatic rings. The molecule has 0 aromatic heterocycles. The minimum Gasteiger partial charge on any atom is -0.481 e. The quantitative estimate of drug-likeness (QED) is 0.917. The molecule has 0 spiro atoms. The van der Waals surface area contributed by atoms with Gasteiger partial charge >= 0.3 is 5.97 Å². The zero-order chi connectivity index (χ0) is 14.3. The van der Waals surface area contributed by atoms with E-state index in [1.54, 1.807) is 23.1 Å². The van der Waals surface area contributed by atoms with E-state index < -0.39 is 11.9 Å². The molecule has 2 aliphatic rings. The third kappa shape index (κ3) is 2.07. The van der Waals surface area contributed by atoms with Gasteiger partial charge in [-0.3, -0.25) is 9.59 Å². The molecule has 3 atom stereocenters. The van der Waals surface area contributed by atoms with Crippen LogP contribution in [0.3, 0.4) is 0 Å². The molecule has 3 unspecified atom stereocenters. The summed E-state index contributed by atoms with van der Waals surface area (Å²) < 4.78 is 13.6. The summed E-state index contributed by atoms with van der Waals surface area (Å²) in [6.45, 7) is 0. The molecule has 5 heteroatoms. The number of fused-ring (bicyclic) bond motifs is 2. The SMILES string of the molecule is O=C(O)C1CC2CCC1N2C(=O)Cc1ccccc1F. The monoisotopic (exact) mass is 277 g/mol. The van der Waals surface area contributed by atoms with Gasteiger partial charge in [-0.15, -0.1) is 0 Å². The fourth-order valence-electron chi connectivity index (χ4n) is 3.54. The molecule has 4 nitrogen and oxygen atoms in total. The molecule has 2 bridgehead atoms. The first-order valence-corrected chi connectivity index (χ1v) is 6.85. The van der Waals surface area contributed by atoms with E-state index in [0.29, 0.717) is 12.0 Å². The van der Waals surface area contributed by atoms with Gasteiger partial charge in [0, 0.05) is 12.1 Å². The fourth-order valence-corrected chi connectivity index (χ4v) is 3.54. The molecular weight excluding hydrogens is 261 g/mol. The Morgan fingerprint density at radius 2 is 2.05 bits per heavy atom. The van der Waals surface area contributed by atoms with Crippen molar-refractivity contribution >= 4 is 11.9 Å². The highest BCUT2D eigenvalue weighted by molar-refractivity contribution is 5.82. The van der Waals surface area contributed by atoms with Crippen LogP contribution in [0.5, 0.6) is 0 Å². The lowest BCUT2D eigenvalue weighted by molar-refractivity contribution is -0.143. The standard InChI is InChI=1S/C15H16FNO3/c16-12-4-2-1-3-9(12)7-14(18)17-10-5-6-13(17)11(8-10)15(19)20/h1-4,10-11,13H,5-8H2,(H,19,20). The lowest BCUT2D eigenvalue weighted by Crippen LogP contribution is -2.38. The van der Waals surface area contributed by atoms with E-state index in [1.165, 1.54) is 6.07 Å². The number of carboxylic acids is 1. The van der Waals surface area contributed by atoms with Gasteiger partial charge in [0.2, 0.25) is 5.91 Å². The number of carboxylic acid groups (broad SMARTS) is 1. The summed E-state index contributed by atoms with van der Waals surface area (Å²) in [7, 11) is 0. The molecule has 20 heavy (non-hydrogen) atoms. The Morgan fingerprint density at radius 3 is 2.70 bits per heavy atom. The second-order valence-corrected chi connectivity index (χ2v) is 5.55. The largest absolute Gasteiger partial charge is 0.481 e. The Kier molecular flexibility index (Phi) is 3.20. The van der Waals surface area contributed by atoms with Gasteiger partial charge in [0.1, 0.15) is 5.82 Å². The molecule has 1 aromatic carbocycles. The molecule has 0 aliphatic carbocycles. The summed E-state index contributed by atoms with van der Waals surface area (Å²) in [6.07, 6.45) is 2.14. The lowest BCUT2D eigenvalue weighted by Gasteiger charge is -2.23. The normalized spacial score (nSPS) is 27.9. The van der Waals surface area contributed by atoms with Gasteiger partial charge in [-0.1, -0.05) is 18.2 Å². The summed E-state index contributed by atoms with van der Waals surface area (Å²) in [6, 6.07) is 6.02. The second-order valence-electron chi connectivity index (χ2n) is 5.55. The number of nitrogens with zero attached hydrogens (tertiary/aromatic N) is 1. The van der Waals surface area contributed by atoms with E-state index in [2.05, 4.69) is 0 Å². The maximum Gasteiger partial charge on any atom is 0.308 e. The van der Waals surface area contributed by atoms with E-state index in [0.717, 1.165) is 12.8 Å². The Bertz CT molecular complexity index is 560. The first kappa shape index (κ1) is 13.1. The summed E-state index contributed by atoms with van der Waals surface area (Å²) in [5.74, 6) is -1.84. The number of carbonyl (C=O) groups excluding carboxylic acids is 1. The molecule has 0 saturated carbocycles. The number of carbonyl (C=O) groups is 2. The van der Waals surface area contributed by atoms with E-state index >= 15 is 0 Å². The summed E-state index contributed by atoms with van der Waals surface area (Å²) in [5.41, 5.74) is 0.371. The minimum absolute atomic E-state index is 0.00596. The third-order valence-corrected chi connectivity index (χ3v) is 4.44. The number of rotatable bonds is 3. The molecule has 2 fully saturated rings. The molecule has 1 N–H and O–H groups in total. The second kappa shape index (κ2) is 4.89. The molecular formula is C15H16FNO3. The Labute approximate surface area is 116 Å². The molecule has 2 aliphatic heterocycles.